The number of hydrogen-bond donors (Lipinski definition) is 2. The Morgan fingerprint density at radius 2 is 2.16 bits per heavy atom. The molecule has 0 bridgehead atoms. The van der Waals surface area contributed by atoms with Crippen LogP contribution in [0.5, 0.6) is 0 Å². The number of rotatable bonds is 3. The zero-order valence-electron chi connectivity index (χ0n) is 14.6. The average molecular weight is 458 g/mol. The van der Waals surface area contributed by atoms with Crippen molar-refractivity contribution in [2.45, 2.75) is 32.3 Å². The molecule has 0 aromatic heterocycles. The molecule has 1 aromatic carbocycles. The number of likely N-dealkylation sites (tertiary alicyclic amines) is 1. The van der Waals surface area contributed by atoms with E-state index in [1.54, 1.807) is 0 Å². The summed E-state index contributed by atoms with van der Waals surface area (Å²) in [6.45, 7) is 4.98. The highest BCUT2D eigenvalue weighted by Crippen LogP contribution is 2.26. The van der Waals surface area contributed by atoms with E-state index < -0.39 is 0 Å². The topological polar surface area (TPSA) is 68.2 Å². The number of carbonyl (C=O) groups is 1. The molecular formula is C18H27IN4O2. The standard InChI is InChI=1S/C18H26N4O2.HI/c1-2-19-18(21-11-9-15(23)13-21)20-12-17(24)22-10-5-7-14-6-3-4-8-16(14)22;/h3-4,6,8,15,23H,2,5,7,9-13H2,1H3,(H,19,20);1H/t15-;/m1./s1. The number of aliphatic hydroxyl groups is 1. The van der Waals surface area contributed by atoms with Crippen LogP contribution in [0.2, 0.25) is 0 Å². The van der Waals surface area contributed by atoms with Gasteiger partial charge in [0.05, 0.1) is 6.10 Å². The first-order valence-corrected chi connectivity index (χ1v) is 8.78. The number of amides is 1. The van der Waals surface area contributed by atoms with Gasteiger partial charge in [-0.15, -0.1) is 24.0 Å². The fraction of sp³-hybridized carbons (Fsp3) is 0.556. The van der Waals surface area contributed by atoms with Gasteiger partial charge < -0.3 is 20.2 Å². The van der Waals surface area contributed by atoms with Crippen molar-refractivity contribution in [2.24, 2.45) is 4.99 Å². The Hall–Kier alpha value is -1.35. The molecule has 1 fully saturated rings. The zero-order chi connectivity index (χ0) is 16.9. The second-order valence-corrected chi connectivity index (χ2v) is 6.34. The van der Waals surface area contributed by atoms with Crippen LogP contribution >= 0.6 is 24.0 Å². The van der Waals surface area contributed by atoms with E-state index >= 15 is 0 Å². The molecule has 2 N–H and O–H groups in total. The van der Waals surface area contributed by atoms with E-state index in [1.807, 2.05) is 34.9 Å². The number of β-amino-alcohol motifs (C(OH)–C–C–N with tert-alkyl or cyclic N) is 1. The van der Waals surface area contributed by atoms with Gasteiger partial charge in [-0.2, -0.15) is 0 Å². The van der Waals surface area contributed by atoms with Crippen LogP contribution in [-0.2, 0) is 11.2 Å². The molecule has 1 aromatic rings. The summed E-state index contributed by atoms with van der Waals surface area (Å²) in [6, 6.07) is 8.10. The number of carbonyl (C=O) groups excluding carboxylic acids is 1. The van der Waals surface area contributed by atoms with Gasteiger partial charge in [-0.05, 0) is 37.8 Å². The number of aliphatic imine (C=N–C) groups is 1. The van der Waals surface area contributed by atoms with Crippen LogP contribution in [0, 0.1) is 0 Å². The molecule has 138 valence electrons. The van der Waals surface area contributed by atoms with Crippen molar-refractivity contribution in [3.8, 4) is 0 Å². The van der Waals surface area contributed by atoms with Gasteiger partial charge in [-0.3, -0.25) is 4.79 Å². The Balaban J connectivity index is 0.00000225. The molecule has 2 heterocycles. The van der Waals surface area contributed by atoms with Crippen LogP contribution in [0.25, 0.3) is 0 Å². The number of anilines is 1. The Morgan fingerprint density at radius 3 is 2.88 bits per heavy atom. The summed E-state index contributed by atoms with van der Waals surface area (Å²) in [5.41, 5.74) is 2.25. The number of nitrogens with one attached hydrogen (secondary N) is 1. The first kappa shape index (κ1) is 20.0. The fourth-order valence-corrected chi connectivity index (χ4v) is 3.38. The number of guanidine groups is 1. The number of benzene rings is 1. The van der Waals surface area contributed by atoms with Crippen LogP contribution in [-0.4, -0.2) is 60.7 Å². The molecule has 7 heteroatoms. The molecule has 2 aliphatic rings. The van der Waals surface area contributed by atoms with E-state index in [0.717, 1.165) is 44.6 Å². The maximum Gasteiger partial charge on any atom is 0.248 e. The number of aliphatic hydroxyl groups excluding tert-OH is 1. The van der Waals surface area contributed by atoms with Gasteiger partial charge in [0.2, 0.25) is 5.91 Å². The van der Waals surface area contributed by atoms with Gasteiger partial charge in [-0.25, -0.2) is 4.99 Å². The van der Waals surface area contributed by atoms with Crippen molar-refractivity contribution in [1.82, 2.24) is 10.2 Å². The van der Waals surface area contributed by atoms with E-state index in [4.69, 9.17) is 0 Å². The average Bonchev–Trinajstić information content (AvgIpc) is 3.04. The fourth-order valence-electron chi connectivity index (χ4n) is 3.38. The third kappa shape index (κ3) is 4.84. The molecule has 3 rings (SSSR count). The molecule has 1 atom stereocenters. The molecule has 0 aliphatic carbocycles. The van der Waals surface area contributed by atoms with Crippen molar-refractivity contribution in [1.29, 1.82) is 0 Å². The zero-order valence-corrected chi connectivity index (χ0v) is 17.0. The first-order valence-electron chi connectivity index (χ1n) is 8.78. The summed E-state index contributed by atoms with van der Waals surface area (Å²) in [7, 11) is 0. The van der Waals surface area contributed by atoms with Crippen LogP contribution in [0.1, 0.15) is 25.3 Å². The lowest BCUT2D eigenvalue weighted by Gasteiger charge is -2.29. The van der Waals surface area contributed by atoms with Gasteiger partial charge in [0.1, 0.15) is 6.54 Å². The Morgan fingerprint density at radius 1 is 1.36 bits per heavy atom. The summed E-state index contributed by atoms with van der Waals surface area (Å²) < 4.78 is 0. The lowest BCUT2D eigenvalue weighted by Crippen LogP contribution is -2.42. The Labute approximate surface area is 166 Å². The lowest BCUT2D eigenvalue weighted by atomic mass is 10.0. The normalized spacial score (nSPS) is 20.1. The van der Waals surface area contributed by atoms with E-state index in [2.05, 4.69) is 16.4 Å². The molecule has 0 unspecified atom stereocenters. The third-order valence-corrected chi connectivity index (χ3v) is 4.57. The summed E-state index contributed by atoms with van der Waals surface area (Å²) in [6.07, 6.45) is 2.46. The van der Waals surface area contributed by atoms with Crippen LogP contribution in [0.4, 0.5) is 5.69 Å². The van der Waals surface area contributed by atoms with Gasteiger partial charge in [0.15, 0.2) is 5.96 Å². The van der Waals surface area contributed by atoms with Crippen molar-refractivity contribution < 1.29 is 9.90 Å². The van der Waals surface area contributed by atoms with E-state index in [1.165, 1.54) is 5.56 Å². The summed E-state index contributed by atoms with van der Waals surface area (Å²) in [4.78, 5) is 21.1. The van der Waals surface area contributed by atoms with E-state index in [0.29, 0.717) is 12.5 Å². The van der Waals surface area contributed by atoms with Crippen molar-refractivity contribution in [3.63, 3.8) is 0 Å². The van der Waals surface area contributed by atoms with E-state index in [-0.39, 0.29) is 42.5 Å². The number of aryl methyl sites for hydroxylation is 1. The second kappa shape index (κ2) is 9.38. The Bertz CT molecular complexity index is 623. The summed E-state index contributed by atoms with van der Waals surface area (Å²) in [5.74, 6) is 0.741. The molecular weight excluding hydrogens is 431 g/mol. The van der Waals surface area contributed by atoms with Gasteiger partial charge in [0.25, 0.3) is 0 Å². The highest BCUT2D eigenvalue weighted by Gasteiger charge is 2.25. The van der Waals surface area contributed by atoms with Gasteiger partial charge in [0, 0.05) is 31.9 Å². The summed E-state index contributed by atoms with van der Waals surface area (Å²) >= 11 is 0. The minimum atomic E-state index is -0.307. The predicted octanol–water partition coefficient (Wildman–Crippen LogP) is 1.62. The second-order valence-electron chi connectivity index (χ2n) is 6.34. The molecule has 0 radical (unpaired) electrons. The minimum Gasteiger partial charge on any atom is -0.391 e. The number of fused-ring (bicyclic) bond motifs is 1. The molecule has 2 aliphatic heterocycles. The highest BCUT2D eigenvalue weighted by molar-refractivity contribution is 14.0. The van der Waals surface area contributed by atoms with Gasteiger partial charge >= 0.3 is 0 Å². The largest absolute Gasteiger partial charge is 0.391 e. The molecule has 1 saturated heterocycles. The lowest BCUT2D eigenvalue weighted by molar-refractivity contribution is -0.117. The third-order valence-electron chi connectivity index (χ3n) is 4.57. The maximum absolute atomic E-state index is 12.7. The monoisotopic (exact) mass is 458 g/mol. The summed E-state index contributed by atoms with van der Waals surface area (Å²) in [5, 5.41) is 12.9. The molecule has 0 saturated carbocycles. The number of para-hydroxylation sites is 1. The quantitative estimate of drug-likeness (QED) is 0.411. The van der Waals surface area contributed by atoms with Crippen LogP contribution < -0.4 is 10.2 Å². The van der Waals surface area contributed by atoms with Crippen LogP contribution in [0.15, 0.2) is 29.3 Å². The van der Waals surface area contributed by atoms with Crippen molar-refractivity contribution in [3.05, 3.63) is 29.8 Å². The first-order chi connectivity index (χ1) is 11.7. The number of hydrogen-bond acceptors (Lipinski definition) is 3. The molecule has 0 spiro atoms. The smallest absolute Gasteiger partial charge is 0.248 e. The highest BCUT2D eigenvalue weighted by atomic mass is 127. The van der Waals surface area contributed by atoms with Crippen molar-refractivity contribution >= 4 is 41.5 Å². The Kier molecular flexibility index (Phi) is 7.49. The predicted molar refractivity (Wildman–Crippen MR) is 111 cm³/mol. The van der Waals surface area contributed by atoms with Crippen molar-refractivity contribution in [2.75, 3.05) is 37.6 Å². The maximum atomic E-state index is 12.7. The number of halogens is 1. The number of nitrogens with zero attached hydrogens (tertiary/aromatic N) is 3. The van der Waals surface area contributed by atoms with E-state index in [9.17, 15) is 9.90 Å². The molecule has 6 nitrogen and oxygen atoms in total. The van der Waals surface area contributed by atoms with Crippen LogP contribution in [0.3, 0.4) is 0 Å². The minimum absolute atomic E-state index is 0. The SMILES string of the molecule is CCNC(=NCC(=O)N1CCCc2ccccc21)N1CC[C@@H](O)C1.I. The molecule has 1 amide bonds. The van der Waals surface area contributed by atoms with Gasteiger partial charge in [-0.1, -0.05) is 18.2 Å². The molecule has 25 heavy (non-hydrogen) atoms.